The van der Waals surface area contributed by atoms with Gasteiger partial charge in [0, 0.05) is 30.9 Å². The van der Waals surface area contributed by atoms with E-state index in [2.05, 4.69) is 38.2 Å². The summed E-state index contributed by atoms with van der Waals surface area (Å²) in [5.74, 6) is 0. The molecule has 0 aromatic carbocycles. The maximum Gasteiger partial charge on any atom is 0.0540 e. The van der Waals surface area contributed by atoms with Gasteiger partial charge in [0.2, 0.25) is 0 Å². The SMILES string of the molecule is CCC(C)(C)CNC1CCCc2c1cnn2C. The van der Waals surface area contributed by atoms with Crippen LogP contribution in [-0.4, -0.2) is 16.3 Å². The standard InChI is InChI=1S/C14H25N3/c1-5-14(2,3)10-15-12-7-6-8-13-11(12)9-16-17(13)4/h9,12,15H,5-8,10H2,1-4H3. The van der Waals surface area contributed by atoms with E-state index in [1.54, 1.807) is 0 Å². The van der Waals surface area contributed by atoms with Crippen LogP contribution in [0.1, 0.15) is 57.3 Å². The fourth-order valence-corrected chi connectivity index (χ4v) is 2.44. The van der Waals surface area contributed by atoms with Gasteiger partial charge in [-0.1, -0.05) is 20.8 Å². The van der Waals surface area contributed by atoms with Crippen molar-refractivity contribution in [3.8, 4) is 0 Å². The van der Waals surface area contributed by atoms with E-state index in [0.717, 1.165) is 6.54 Å². The normalized spacial score (nSPS) is 20.4. The molecule has 17 heavy (non-hydrogen) atoms. The molecule has 1 aliphatic rings. The first-order valence-corrected chi connectivity index (χ1v) is 6.77. The highest BCUT2D eigenvalue weighted by Gasteiger charge is 2.25. The molecule has 2 rings (SSSR count). The van der Waals surface area contributed by atoms with Crippen LogP contribution in [0.15, 0.2) is 6.20 Å². The van der Waals surface area contributed by atoms with Crippen molar-refractivity contribution < 1.29 is 0 Å². The maximum atomic E-state index is 4.39. The molecule has 3 nitrogen and oxygen atoms in total. The average Bonchev–Trinajstić information content (AvgIpc) is 2.70. The highest BCUT2D eigenvalue weighted by Crippen LogP contribution is 2.30. The number of hydrogen-bond donors (Lipinski definition) is 1. The summed E-state index contributed by atoms with van der Waals surface area (Å²) in [6, 6.07) is 0.512. The van der Waals surface area contributed by atoms with Crippen LogP contribution in [0.2, 0.25) is 0 Å². The van der Waals surface area contributed by atoms with Gasteiger partial charge in [-0.25, -0.2) is 0 Å². The molecule has 0 saturated heterocycles. The van der Waals surface area contributed by atoms with Crippen molar-refractivity contribution in [2.24, 2.45) is 12.5 Å². The molecule has 1 unspecified atom stereocenters. The largest absolute Gasteiger partial charge is 0.309 e. The van der Waals surface area contributed by atoms with Crippen molar-refractivity contribution in [2.45, 2.75) is 52.5 Å². The fraction of sp³-hybridized carbons (Fsp3) is 0.786. The highest BCUT2D eigenvalue weighted by atomic mass is 15.3. The second-order valence-electron chi connectivity index (χ2n) is 6.01. The third kappa shape index (κ3) is 2.71. The summed E-state index contributed by atoms with van der Waals surface area (Å²) in [5.41, 5.74) is 3.23. The van der Waals surface area contributed by atoms with Crippen molar-refractivity contribution in [3.05, 3.63) is 17.5 Å². The number of aromatic nitrogens is 2. The van der Waals surface area contributed by atoms with E-state index < -0.39 is 0 Å². The van der Waals surface area contributed by atoms with E-state index in [1.165, 1.54) is 36.9 Å². The summed E-state index contributed by atoms with van der Waals surface area (Å²) in [5, 5.41) is 8.12. The highest BCUT2D eigenvalue weighted by molar-refractivity contribution is 5.24. The van der Waals surface area contributed by atoms with Crippen LogP contribution in [-0.2, 0) is 13.5 Å². The summed E-state index contributed by atoms with van der Waals surface area (Å²) < 4.78 is 2.04. The second-order valence-corrected chi connectivity index (χ2v) is 6.01. The van der Waals surface area contributed by atoms with Gasteiger partial charge in [0.25, 0.3) is 0 Å². The van der Waals surface area contributed by atoms with Crippen molar-refractivity contribution in [1.29, 1.82) is 0 Å². The maximum absolute atomic E-state index is 4.39. The molecule has 0 amide bonds. The summed E-state index contributed by atoms with van der Waals surface area (Å²) >= 11 is 0. The molecule has 3 heteroatoms. The fourth-order valence-electron chi connectivity index (χ4n) is 2.44. The van der Waals surface area contributed by atoms with E-state index in [9.17, 15) is 0 Å². The van der Waals surface area contributed by atoms with Crippen LogP contribution >= 0.6 is 0 Å². The molecular formula is C14H25N3. The van der Waals surface area contributed by atoms with E-state index in [4.69, 9.17) is 0 Å². The molecular weight excluding hydrogens is 210 g/mol. The van der Waals surface area contributed by atoms with Gasteiger partial charge in [-0.3, -0.25) is 4.68 Å². The van der Waals surface area contributed by atoms with E-state index in [0.29, 0.717) is 11.5 Å². The van der Waals surface area contributed by atoms with Crippen LogP contribution in [0.5, 0.6) is 0 Å². The Bertz CT molecular complexity index is 379. The topological polar surface area (TPSA) is 29.9 Å². The van der Waals surface area contributed by atoms with Crippen LogP contribution in [0, 0.1) is 5.41 Å². The molecule has 1 aromatic rings. The van der Waals surface area contributed by atoms with Gasteiger partial charge in [-0.2, -0.15) is 5.10 Å². The molecule has 1 N–H and O–H groups in total. The van der Waals surface area contributed by atoms with Crippen molar-refractivity contribution in [1.82, 2.24) is 15.1 Å². The third-order valence-corrected chi connectivity index (χ3v) is 4.16. The minimum absolute atomic E-state index is 0.389. The predicted molar refractivity (Wildman–Crippen MR) is 71.0 cm³/mol. The molecule has 0 bridgehead atoms. The average molecular weight is 235 g/mol. The van der Waals surface area contributed by atoms with Crippen LogP contribution in [0.25, 0.3) is 0 Å². The Morgan fingerprint density at radius 2 is 2.29 bits per heavy atom. The Hall–Kier alpha value is -0.830. The quantitative estimate of drug-likeness (QED) is 0.869. The number of nitrogens with one attached hydrogen (secondary N) is 1. The number of hydrogen-bond acceptors (Lipinski definition) is 2. The van der Waals surface area contributed by atoms with E-state index >= 15 is 0 Å². The third-order valence-electron chi connectivity index (χ3n) is 4.16. The second kappa shape index (κ2) is 4.81. The Morgan fingerprint density at radius 3 is 3.00 bits per heavy atom. The number of rotatable bonds is 4. The first-order valence-electron chi connectivity index (χ1n) is 6.77. The lowest BCUT2D eigenvalue weighted by atomic mass is 9.88. The van der Waals surface area contributed by atoms with Gasteiger partial charge in [0.05, 0.1) is 6.20 Å². The summed E-state index contributed by atoms with van der Waals surface area (Å²) in [6.07, 6.45) is 6.97. The first kappa shape index (κ1) is 12.6. The Kier molecular flexibility index (Phi) is 3.57. The molecule has 1 heterocycles. The summed E-state index contributed by atoms with van der Waals surface area (Å²) in [4.78, 5) is 0. The molecule has 1 atom stereocenters. The molecule has 0 saturated carbocycles. The lowest BCUT2D eigenvalue weighted by Gasteiger charge is -2.29. The van der Waals surface area contributed by atoms with Crippen LogP contribution in [0.4, 0.5) is 0 Å². The van der Waals surface area contributed by atoms with Crippen LogP contribution in [0.3, 0.4) is 0 Å². The molecule has 1 aliphatic carbocycles. The number of fused-ring (bicyclic) bond motifs is 1. The lowest BCUT2D eigenvalue weighted by Crippen LogP contribution is -2.33. The van der Waals surface area contributed by atoms with E-state index in [1.807, 2.05) is 10.9 Å². The Labute approximate surface area is 105 Å². The zero-order chi connectivity index (χ0) is 12.5. The summed E-state index contributed by atoms with van der Waals surface area (Å²) in [7, 11) is 2.05. The minimum atomic E-state index is 0.389. The van der Waals surface area contributed by atoms with Gasteiger partial charge < -0.3 is 5.32 Å². The van der Waals surface area contributed by atoms with Crippen molar-refractivity contribution in [2.75, 3.05) is 6.54 Å². The summed E-state index contributed by atoms with van der Waals surface area (Å²) in [6.45, 7) is 8.00. The monoisotopic (exact) mass is 235 g/mol. The van der Waals surface area contributed by atoms with Gasteiger partial charge in [-0.15, -0.1) is 0 Å². The zero-order valence-corrected chi connectivity index (χ0v) is 11.6. The predicted octanol–water partition coefficient (Wildman–Crippen LogP) is 2.82. The van der Waals surface area contributed by atoms with Crippen molar-refractivity contribution >= 4 is 0 Å². The van der Waals surface area contributed by atoms with Crippen molar-refractivity contribution in [3.63, 3.8) is 0 Å². The Balaban J connectivity index is 2.04. The smallest absolute Gasteiger partial charge is 0.0540 e. The molecule has 0 radical (unpaired) electrons. The lowest BCUT2D eigenvalue weighted by molar-refractivity contribution is 0.299. The van der Waals surface area contributed by atoms with Gasteiger partial charge in [0.1, 0.15) is 0 Å². The van der Waals surface area contributed by atoms with Gasteiger partial charge in [-0.05, 0) is 31.1 Å². The van der Waals surface area contributed by atoms with Crippen LogP contribution < -0.4 is 5.32 Å². The first-order chi connectivity index (χ1) is 8.03. The zero-order valence-electron chi connectivity index (χ0n) is 11.6. The number of nitrogens with zero attached hydrogens (tertiary/aromatic N) is 2. The van der Waals surface area contributed by atoms with Gasteiger partial charge >= 0.3 is 0 Å². The minimum Gasteiger partial charge on any atom is -0.309 e. The van der Waals surface area contributed by atoms with E-state index in [-0.39, 0.29) is 0 Å². The molecule has 0 aliphatic heterocycles. The Morgan fingerprint density at radius 1 is 1.53 bits per heavy atom. The number of aryl methyl sites for hydroxylation is 1. The molecule has 96 valence electrons. The van der Waals surface area contributed by atoms with Gasteiger partial charge in [0.15, 0.2) is 0 Å². The molecule has 1 aromatic heterocycles. The molecule has 0 spiro atoms. The molecule has 0 fully saturated rings.